The van der Waals surface area contributed by atoms with E-state index in [0.29, 0.717) is 13.0 Å². The molecule has 0 aromatic rings. The minimum atomic E-state index is -0.892. The first-order valence-electron chi connectivity index (χ1n) is 5.00. The van der Waals surface area contributed by atoms with Crippen molar-refractivity contribution in [3.8, 4) is 0 Å². The number of ether oxygens (including phenoxy) is 1. The summed E-state index contributed by atoms with van der Waals surface area (Å²) in [7, 11) is 0. The molecule has 0 bridgehead atoms. The Morgan fingerprint density at radius 2 is 2.14 bits per heavy atom. The van der Waals surface area contributed by atoms with Gasteiger partial charge in [-0.05, 0) is 33.6 Å². The van der Waals surface area contributed by atoms with Crippen LogP contribution in [-0.4, -0.2) is 35.9 Å². The number of carbonyl (C=O) groups is 1. The quantitative estimate of drug-likeness (QED) is 0.605. The summed E-state index contributed by atoms with van der Waals surface area (Å²) in [6.45, 7) is 6.20. The Morgan fingerprint density at radius 3 is 2.64 bits per heavy atom. The number of halogens is 1. The lowest BCUT2D eigenvalue weighted by molar-refractivity contribution is 0.0139. The van der Waals surface area contributed by atoms with Crippen LogP contribution in [0.2, 0.25) is 0 Å². The van der Waals surface area contributed by atoms with Crippen LogP contribution >= 0.6 is 0 Å². The van der Waals surface area contributed by atoms with Gasteiger partial charge in [-0.15, -0.1) is 0 Å². The Hall–Kier alpha value is -0.800. The molecule has 3 nitrogen and oxygen atoms in total. The predicted octanol–water partition coefficient (Wildman–Crippen LogP) is 2.36. The number of carbonyl (C=O) groups excluding carboxylic acids is 1. The Bertz CT molecular complexity index is 213. The minimum Gasteiger partial charge on any atom is -0.444 e. The van der Waals surface area contributed by atoms with Crippen molar-refractivity contribution in [2.75, 3.05) is 13.1 Å². The van der Waals surface area contributed by atoms with E-state index in [9.17, 15) is 9.18 Å². The average Bonchev–Trinajstić information content (AvgIpc) is 2.01. The summed E-state index contributed by atoms with van der Waals surface area (Å²) < 4.78 is 18.1. The molecule has 0 aliphatic carbocycles. The van der Waals surface area contributed by atoms with Crippen molar-refractivity contribution in [2.45, 2.75) is 45.4 Å². The highest BCUT2D eigenvalue weighted by atomic mass is 19.1. The van der Waals surface area contributed by atoms with Gasteiger partial charge in [-0.2, -0.15) is 0 Å². The van der Waals surface area contributed by atoms with E-state index < -0.39 is 17.9 Å². The molecular weight excluding hydrogens is 185 g/mol. The topological polar surface area (TPSA) is 29.5 Å². The van der Waals surface area contributed by atoms with Crippen LogP contribution in [0.25, 0.3) is 0 Å². The fraction of sp³-hybridized carbons (Fsp3) is 0.900. The Balaban J connectivity index is 2.44. The third-order valence-corrected chi connectivity index (χ3v) is 2.02. The van der Waals surface area contributed by atoms with Crippen LogP contribution in [0.4, 0.5) is 9.18 Å². The van der Waals surface area contributed by atoms with Gasteiger partial charge in [0.1, 0.15) is 11.8 Å². The molecule has 1 fully saturated rings. The van der Waals surface area contributed by atoms with Gasteiger partial charge in [0, 0.05) is 6.54 Å². The molecular formula is C10H18FNO2. The predicted molar refractivity (Wildman–Crippen MR) is 51.9 cm³/mol. The second-order valence-corrected chi connectivity index (χ2v) is 4.67. The second-order valence-electron chi connectivity index (χ2n) is 4.67. The van der Waals surface area contributed by atoms with Crippen LogP contribution in [0.5, 0.6) is 0 Å². The van der Waals surface area contributed by atoms with E-state index >= 15 is 0 Å². The first-order chi connectivity index (χ1) is 6.38. The maximum Gasteiger partial charge on any atom is 0.410 e. The molecule has 1 amide bonds. The molecule has 14 heavy (non-hydrogen) atoms. The van der Waals surface area contributed by atoms with E-state index in [1.807, 2.05) is 20.8 Å². The van der Waals surface area contributed by atoms with E-state index in [2.05, 4.69) is 0 Å². The van der Waals surface area contributed by atoms with Crippen LogP contribution in [0, 0.1) is 0 Å². The summed E-state index contributed by atoms with van der Waals surface area (Å²) >= 11 is 0. The monoisotopic (exact) mass is 203 g/mol. The van der Waals surface area contributed by atoms with Gasteiger partial charge in [-0.25, -0.2) is 9.18 Å². The van der Waals surface area contributed by atoms with Crippen molar-refractivity contribution >= 4 is 6.09 Å². The molecule has 4 heteroatoms. The van der Waals surface area contributed by atoms with Gasteiger partial charge in [0.15, 0.2) is 0 Å². The molecule has 1 atom stereocenters. The first-order valence-corrected chi connectivity index (χ1v) is 5.00. The first kappa shape index (κ1) is 11.3. The van der Waals surface area contributed by atoms with Gasteiger partial charge >= 0.3 is 6.09 Å². The number of alkyl halides is 1. The zero-order valence-electron chi connectivity index (χ0n) is 9.05. The molecule has 1 heterocycles. The lowest BCUT2D eigenvalue weighted by Gasteiger charge is -2.31. The maximum atomic E-state index is 13.0. The molecule has 1 saturated heterocycles. The number of hydrogen-bond acceptors (Lipinski definition) is 2. The summed E-state index contributed by atoms with van der Waals surface area (Å²) in [5.74, 6) is 0. The van der Waals surface area contributed by atoms with E-state index in [1.165, 1.54) is 4.90 Å². The second kappa shape index (κ2) is 4.15. The van der Waals surface area contributed by atoms with Gasteiger partial charge in [-0.1, -0.05) is 0 Å². The number of hydrogen-bond donors (Lipinski definition) is 0. The maximum absolute atomic E-state index is 13.0. The van der Waals surface area contributed by atoms with Crippen LogP contribution in [0.15, 0.2) is 0 Å². The Kier molecular flexibility index (Phi) is 3.34. The van der Waals surface area contributed by atoms with Crippen molar-refractivity contribution in [3.05, 3.63) is 0 Å². The highest BCUT2D eigenvalue weighted by Gasteiger charge is 2.27. The van der Waals surface area contributed by atoms with Crippen LogP contribution < -0.4 is 0 Å². The van der Waals surface area contributed by atoms with Crippen LogP contribution in [0.1, 0.15) is 33.6 Å². The molecule has 82 valence electrons. The minimum absolute atomic E-state index is 0.176. The molecule has 0 N–H and O–H groups in total. The Morgan fingerprint density at radius 1 is 1.50 bits per heavy atom. The van der Waals surface area contributed by atoms with Gasteiger partial charge in [0.05, 0.1) is 6.54 Å². The van der Waals surface area contributed by atoms with E-state index in [-0.39, 0.29) is 6.54 Å². The summed E-state index contributed by atoms with van der Waals surface area (Å²) in [6.07, 6.45) is -0.0178. The summed E-state index contributed by atoms with van der Waals surface area (Å²) in [6, 6.07) is 0. The molecule has 1 aliphatic rings. The highest BCUT2D eigenvalue weighted by molar-refractivity contribution is 5.68. The van der Waals surface area contributed by atoms with E-state index in [0.717, 1.165) is 6.42 Å². The standard InChI is InChI=1S/C10H18FNO2/c1-10(2,3)14-9(13)12-6-4-5-8(11)7-12/h8H,4-7H2,1-3H3/t8-/m1/s1. The molecule has 0 aromatic heterocycles. The smallest absolute Gasteiger partial charge is 0.410 e. The fourth-order valence-electron chi connectivity index (χ4n) is 1.42. The zero-order valence-corrected chi connectivity index (χ0v) is 9.05. The van der Waals surface area contributed by atoms with Crippen molar-refractivity contribution < 1.29 is 13.9 Å². The molecule has 1 aliphatic heterocycles. The molecule has 0 saturated carbocycles. The van der Waals surface area contributed by atoms with Gasteiger partial charge in [0.25, 0.3) is 0 Å². The SMILES string of the molecule is CC(C)(C)OC(=O)N1CCC[C@@H](F)C1. The normalized spacial score (nSPS) is 23.4. The number of nitrogens with zero attached hydrogens (tertiary/aromatic N) is 1. The lowest BCUT2D eigenvalue weighted by atomic mass is 10.1. The number of rotatable bonds is 0. The third-order valence-electron chi connectivity index (χ3n) is 2.02. The van der Waals surface area contributed by atoms with E-state index in [4.69, 9.17) is 4.74 Å². The van der Waals surface area contributed by atoms with E-state index in [1.54, 1.807) is 0 Å². The molecule has 0 aromatic carbocycles. The van der Waals surface area contributed by atoms with Crippen molar-refractivity contribution in [2.24, 2.45) is 0 Å². The largest absolute Gasteiger partial charge is 0.444 e. The summed E-state index contributed by atoms with van der Waals surface area (Å²) in [4.78, 5) is 12.9. The van der Waals surface area contributed by atoms with Gasteiger partial charge in [0.2, 0.25) is 0 Å². The van der Waals surface area contributed by atoms with Crippen LogP contribution in [0.3, 0.4) is 0 Å². The molecule has 0 radical (unpaired) electrons. The van der Waals surface area contributed by atoms with Gasteiger partial charge < -0.3 is 9.64 Å². The van der Waals surface area contributed by atoms with Gasteiger partial charge in [-0.3, -0.25) is 0 Å². The van der Waals surface area contributed by atoms with Crippen molar-refractivity contribution in [1.82, 2.24) is 4.90 Å². The highest BCUT2D eigenvalue weighted by Crippen LogP contribution is 2.16. The lowest BCUT2D eigenvalue weighted by Crippen LogP contribution is -2.43. The Labute approximate surface area is 84.2 Å². The fourth-order valence-corrected chi connectivity index (χ4v) is 1.42. The van der Waals surface area contributed by atoms with Crippen LogP contribution in [-0.2, 0) is 4.74 Å². The summed E-state index contributed by atoms with van der Waals surface area (Å²) in [5.41, 5.74) is -0.500. The molecule has 1 rings (SSSR count). The number of amides is 1. The average molecular weight is 203 g/mol. The summed E-state index contributed by atoms with van der Waals surface area (Å²) in [5, 5.41) is 0. The zero-order chi connectivity index (χ0) is 10.8. The number of piperidine rings is 1. The third kappa shape index (κ3) is 3.52. The van der Waals surface area contributed by atoms with Crippen molar-refractivity contribution in [3.63, 3.8) is 0 Å². The molecule has 0 unspecified atom stereocenters. The van der Waals surface area contributed by atoms with Crippen molar-refractivity contribution in [1.29, 1.82) is 0 Å². The number of likely N-dealkylation sites (tertiary alicyclic amines) is 1. The molecule has 0 spiro atoms.